The molecule has 1 heterocycles. The predicted molar refractivity (Wildman–Crippen MR) is 96.8 cm³/mol. The molecule has 0 N–H and O–H groups in total. The molecular formula is C19H32O9. The lowest BCUT2D eigenvalue weighted by molar-refractivity contribution is -0.341. The van der Waals surface area contributed by atoms with E-state index in [0.717, 1.165) is 19.3 Å². The first-order valence-corrected chi connectivity index (χ1v) is 9.76. The number of carbonyl (C=O) groups is 3. The number of hydrogen-bond donors (Lipinski definition) is 0. The lowest BCUT2D eigenvalue weighted by atomic mass is 10.1. The molecule has 0 amide bonds. The van der Waals surface area contributed by atoms with Crippen molar-refractivity contribution < 1.29 is 43.1 Å². The molecule has 0 saturated carbocycles. The minimum Gasteiger partial charge on any atom is -0.463 e. The van der Waals surface area contributed by atoms with Crippen LogP contribution in [0.4, 0.5) is 0 Å². The highest BCUT2D eigenvalue weighted by Gasteiger charge is 2.51. The van der Waals surface area contributed by atoms with Crippen LogP contribution < -0.4 is 0 Å². The molecule has 1 saturated heterocycles. The third-order valence-electron chi connectivity index (χ3n) is 4.06. The molecule has 28 heavy (non-hydrogen) atoms. The van der Waals surface area contributed by atoms with E-state index >= 15 is 0 Å². The molecular weight excluding hydrogens is 372 g/mol. The van der Waals surface area contributed by atoms with Gasteiger partial charge in [0, 0.05) is 20.8 Å². The van der Waals surface area contributed by atoms with Crippen LogP contribution in [-0.2, 0) is 43.1 Å². The van der Waals surface area contributed by atoms with Gasteiger partial charge in [0.1, 0.15) is 12.7 Å². The molecule has 0 aromatic carbocycles. The zero-order valence-electron chi connectivity index (χ0n) is 17.1. The van der Waals surface area contributed by atoms with Gasteiger partial charge in [0.25, 0.3) is 0 Å². The topological polar surface area (TPSA) is 107 Å². The van der Waals surface area contributed by atoms with Crippen molar-refractivity contribution in [3.05, 3.63) is 0 Å². The summed E-state index contributed by atoms with van der Waals surface area (Å²) < 4.78 is 20.8. The van der Waals surface area contributed by atoms with Crippen LogP contribution in [0.3, 0.4) is 0 Å². The van der Waals surface area contributed by atoms with Gasteiger partial charge in [-0.3, -0.25) is 14.4 Å². The Hall–Kier alpha value is -1.71. The number of ether oxygens (including phenoxy) is 4. The van der Waals surface area contributed by atoms with Crippen molar-refractivity contribution in [2.24, 2.45) is 0 Å². The van der Waals surface area contributed by atoms with Gasteiger partial charge in [0.05, 0.1) is 6.61 Å². The summed E-state index contributed by atoms with van der Waals surface area (Å²) in [4.78, 5) is 44.6. The van der Waals surface area contributed by atoms with E-state index in [1.165, 1.54) is 40.0 Å². The van der Waals surface area contributed by atoms with E-state index in [-0.39, 0.29) is 6.61 Å². The molecule has 0 spiro atoms. The van der Waals surface area contributed by atoms with Gasteiger partial charge in [-0.2, -0.15) is 0 Å². The van der Waals surface area contributed by atoms with Gasteiger partial charge in [-0.1, -0.05) is 39.0 Å². The fraction of sp³-hybridized carbons (Fsp3) is 0.842. The number of esters is 3. The summed E-state index contributed by atoms with van der Waals surface area (Å²) in [7, 11) is 0. The lowest BCUT2D eigenvalue weighted by Crippen LogP contribution is -2.41. The van der Waals surface area contributed by atoms with Crippen LogP contribution in [0.1, 0.15) is 66.2 Å². The number of unbranched alkanes of at least 4 members (excludes halogenated alkanes) is 5. The van der Waals surface area contributed by atoms with Crippen LogP contribution in [0.15, 0.2) is 0 Å². The number of rotatable bonds is 13. The van der Waals surface area contributed by atoms with E-state index < -0.39 is 42.5 Å². The van der Waals surface area contributed by atoms with Gasteiger partial charge in [0.2, 0.25) is 6.29 Å². The predicted octanol–water partition coefficient (Wildman–Crippen LogP) is 2.45. The Bertz CT molecular complexity index is 494. The Morgan fingerprint density at radius 2 is 1.46 bits per heavy atom. The third-order valence-corrected chi connectivity index (χ3v) is 4.06. The molecule has 9 nitrogen and oxygen atoms in total. The van der Waals surface area contributed by atoms with E-state index in [1.807, 2.05) is 0 Å². The van der Waals surface area contributed by atoms with Crippen LogP contribution >= 0.6 is 0 Å². The summed E-state index contributed by atoms with van der Waals surface area (Å²) in [6, 6.07) is 0. The average molecular weight is 404 g/mol. The number of carbonyl (C=O) groups excluding carboxylic acids is 3. The second-order valence-electron chi connectivity index (χ2n) is 6.68. The average Bonchev–Trinajstić information content (AvgIpc) is 2.91. The summed E-state index contributed by atoms with van der Waals surface area (Å²) in [5, 5.41) is 0. The lowest BCUT2D eigenvalue weighted by Gasteiger charge is -2.22. The van der Waals surface area contributed by atoms with E-state index in [9.17, 15) is 14.4 Å². The van der Waals surface area contributed by atoms with E-state index in [1.54, 1.807) is 0 Å². The first-order chi connectivity index (χ1) is 13.3. The molecule has 0 aromatic rings. The zero-order valence-corrected chi connectivity index (χ0v) is 17.1. The third kappa shape index (κ3) is 9.48. The van der Waals surface area contributed by atoms with Gasteiger partial charge in [0.15, 0.2) is 12.2 Å². The zero-order chi connectivity index (χ0) is 20.9. The maximum atomic E-state index is 11.5. The van der Waals surface area contributed by atoms with E-state index in [0.29, 0.717) is 6.61 Å². The maximum Gasteiger partial charge on any atom is 0.305 e. The quantitative estimate of drug-likeness (QED) is 0.150. The van der Waals surface area contributed by atoms with Crippen LogP contribution in [0.2, 0.25) is 0 Å². The molecule has 1 aliphatic heterocycles. The highest BCUT2D eigenvalue weighted by molar-refractivity contribution is 5.67. The van der Waals surface area contributed by atoms with Crippen molar-refractivity contribution in [1.82, 2.24) is 0 Å². The van der Waals surface area contributed by atoms with Crippen molar-refractivity contribution in [2.45, 2.75) is 90.8 Å². The highest BCUT2D eigenvalue weighted by Crippen LogP contribution is 2.28. The van der Waals surface area contributed by atoms with Gasteiger partial charge in [-0.25, -0.2) is 9.78 Å². The second kappa shape index (κ2) is 13.5. The first-order valence-electron chi connectivity index (χ1n) is 9.76. The molecule has 0 bridgehead atoms. The van der Waals surface area contributed by atoms with Crippen molar-refractivity contribution in [3.8, 4) is 0 Å². The fourth-order valence-corrected chi connectivity index (χ4v) is 2.78. The first kappa shape index (κ1) is 24.3. The Morgan fingerprint density at radius 1 is 0.821 bits per heavy atom. The van der Waals surface area contributed by atoms with Gasteiger partial charge < -0.3 is 18.9 Å². The Kier molecular flexibility index (Phi) is 11.7. The molecule has 9 heteroatoms. The minimum absolute atomic E-state index is 0.157. The van der Waals surface area contributed by atoms with Crippen LogP contribution in [0.25, 0.3) is 0 Å². The van der Waals surface area contributed by atoms with Crippen LogP contribution in [-0.4, -0.2) is 55.7 Å². The monoisotopic (exact) mass is 404 g/mol. The second-order valence-corrected chi connectivity index (χ2v) is 6.68. The highest BCUT2D eigenvalue weighted by atomic mass is 17.2. The molecule has 1 rings (SSSR count). The van der Waals surface area contributed by atoms with Gasteiger partial charge in [-0.15, -0.1) is 0 Å². The van der Waals surface area contributed by atoms with Crippen molar-refractivity contribution in [1.29, 1.82) is 0 Å². The summed E-state index contributed by atoms with van der Waals surface area (Å²) in [5.41, 5.74) is 0. The summed E-state index contributed by atoms with van der Waals surface area (Å²) in [5.74, 6) is -1.71. The maximum absolute atomic E-state index is 11.5. The van der Waals surface area contributed by atoms with Crippen molar-refractivity contribution in [2.75, 3.05) is 13.2 Å². The van der Waals surface area contributed by atoms with Gasteiger partial charge >= 0.3 is 17.9 Å². The van der Waals surface area contributed by atoms with Gasteiger partial charge in [-0.05, 0) is 6.42 Å². The van der Waals surface area contributed by atoms with E-state index in [2.05, 4.69) is 6.92 Å². The molecule has 0 aliphatic carbocycles. The normalized spacial score (nSPS) is 24.0. The smallest absolute Gasteiger partial charge is 0.305 e. The largest absolute Gasteiger partial charge is 0.463 e. The molecule has 4 atom stereocenters. The molecule has 0 radical (unpaired) electrons. The Balaban J connectivity index is 2.61. The SMILES string of the molecule is CCCCCCCCOO[C@H]1[C@@H](COC(C)=O)OC(OC(C)=O)[C@@H]1OC(C)=O. The molecule has 1 aliphatic rings. The summed E-state index contributed by atoms with van der Waals surface area (Å²) in [6.07, 6.45) is 2.62. The van der Waals surface area contributed by atoms with E-state index in [4.69, 9.17) is 28.7 Å². The standard InChI is InChI=1S/C19H32O9/c1-5-6-7-8-9-10-11-24-28-17-16(12-23-13(2)20)27-19(26-15(4)22)18(17)25-14(3)21/h16-19H,5-12H2,1-4H3/t16-,17+,18-,19?/m1/s1. The molecule has 0 aromatic heterocycles. The number of hydrogen-bond acceptors (Lipinski definition) is 9. The van der Waals surface area contributed by atoms with Crippen LogP contribution in [0, 0.1) is 0 Å². The minimum atomic E-state index is -1.18. The molecule has 1 fully saturated rings. The fourth-order valence-electron chi connectivity index (χ4n) is 2.78. The summed E-state index contributed by atoms with van der Waals surface area (Å²) in [6.45, 7) is 6.04. The molecule has 162 valence electrons. The van der Waals surface area contributed by atoms with Crippen molar-refractivity contribution >= 4 is 17.9 Å². The summed E-state index contributed by atoms with van der Waals surface area (Å²) >= 11 is 0. The van der Waals surface area contributed by atoms with Crippen molar-refractivity contribution in [3.63, 3.8) is 0 Å². The Morgan fingerprint density at radius 3 is 2.07 bits per heavy atom. The van der Waals surface area contributed by atoms with Crippen LogP contribution in [0.5, 0.6) is 0 Å². The Labute approximate surface area is 165 Å². The molecule has 1 unspecified atom stereocenters.